The lowest BCUT2D eigenvalue weighted by Crippen LogP contribution is -2.17. The van der Waals surface area contributed by atoms with E-state index in [1.165, 1.54) is 0 Å². The van der Waals surface area contributed by atoms with Crippen LogP contribution in [0.25, 0.3) is 0 Å². The van der Waals surface area contributed by atoms with E-state index in [1.54, 1.807) is 18.6 Å². The molecule has 27 heavy (non-hydrogen) atoms. The fourth-order valence-corrected chi connectivity index (χ4v) is 2.90. The molecule has 0 aliphatic heterocycles. The highest BCUT2D eigenvalue weighted by Crippen LogP contribution is 2.29. The fourth-order valence-electron chi connectivity index (χ4n) is 2.90. The number of aromatic nitrogens is 3. The summed E-state index contributed by atoms with van der Waals surface area (Å²) in [4.78, 5) is 14.9. The molecule has 1 aromatic carbocycles. The van der Waals surface area contributed by atoms with Crippen molar-refractivity contribution < 1.29 is 0 Å². The predicted molar refractivity (Wildman–Crippen MR) is 108 cm³/mol. The van der Waals surface area contributed by atoms with Gasteiger partial charge in [-0.3, -0.25) is 15.0 Å². The Bertz CT molecular complexity index is 935. The topological polar surface area (TPSA) is 53.9 Å². The first-order valence-electron chi connectivity index (χ1n) is 8.73. The average molecular weight is 353 g/mol. The molecule has 5 nitrogen and oxygen atoms in total. The molecule has 4 rings (SSSR count). The first kappa shape index (κ1) is 16.7. The van der Waals surface area contributed by atoms with E-state index in [1.807, 2.05) is 48.9 Å². The van der Waals surface area contributed by atoms with E-state index in [9.17, 15) is 0 Å². The van der Waals surface area contributed by atoms with Gasteiger partial charge in [-0.05, 0) is 48.0 Å². The van der Waals surface area contributed by atoms with Gasteiger partial charge < -0.3 is 10.2 Å². The maximum atomic E-state index is 4.28. The van der Waals surface area contributed by atoms with E-state index in [0.717, 1.165) is 28.3 Å². The standard InChI is InChI=1S/C22H19N5/c1-2-10-22(26-19-7-3-11-23-14-19)18(6-1)17-27(20-8-4-12-24-15-20)21-9-5-13-25-16-21/h1-16,26H,17H2. The molecular weight excluding hydrogens is 334 g/mol. The van der Waals surface area contributed by atoms with Crippen molar-refractivity contribution >= 4 is 22.7 Å². The van der Waals surface area contributed by atoms with Gasteiger partial charge in [0.25, 0.3) is 0 Å². The van der Waals surface area contributed by atoms with Crippen LogP contribution >= 0.6 is 0 Å². The second-order valence-corrected chi connectivity index (χ2v) is 6.03. The third kappa shape index (κ3) is 4.10. The number of pyridine rings is 3. The van der Waals surface area contributed by atoms with Gasteiger partial charge in [0.1, 0.15) is 0 Å². The molecule has 0 saturated heterocycles. The van der Waals surface area contributed by atoms with Crippen LogP contribution < -0.4 is 10.2 Å². The minimum absolute atomic E-state index is 0.681. The van der Waals surface area contributed by atoms with Crippen molar-refractivity contribution in [3.05, 3.63) is 103 Å². The normalized spacial score (nSPS) is 10.4. The van der Waals surface area contributed by atoms with Gasteiger partial charge in [0.05, 0.1) is 42.2 Å². The summed E-state index contributed by atoms with van der Waals surface area (Å²) in [6.07, 6.45) is 10.9. The summed E-state index contributed by atoms with van der Waals surface area (Å²) in [6, 6.07) is 20.2. The van der Waals surface area contributed by atoms with Crippen molar-refractivity contribution in [1.29, 1.82) is 0 Å². The molecular formula is C22H19N5. The van der Waals surface area contributed by atoms with E-state index >= 15 is 0 Å². The summed E-state index contributed by atoms with van der Waals surface area (Å²) in [5.41, 5.74) is 5.19. The Morgan fingerprint density at radius 2 is 1.30 bits per heavy atom. The summed E-state index contributed by atoms with van der Waals surface area (Å²) in [7, 11) is 0. The second-order valence-electron chi connectivity index (χ2n) is 6.03. The largest absolute Gasteiger partial charge is 0.354 e. The molecule has 0 radical (unpaired) electrons. The molecule has 0 unspecified atom stereocenters. The van der Waals surface area contributed by atoms with E-state index < -0.39 is 0 Å². The molecule has 0 fully saturated rings. The molecule has 3 heterocycles. The number of nitrogens with zero attached hydrogens (tertiary/aromatic N) is 4. The third-order valence-corrected chi connectivity index (χ3v) is 4.20. The van der Waals surface area contributed by atoms with Crippen molar-refractivity contribution in [2.75, 3.05) is 10.2 Å². The van der Waals surface area contributed by atoms with Crippen LogP contribution in [-0.2, 0) is 6.54 Å². The lowest BCUT2D eigenvalue weighted by atomic mass is 10.1. The van der Waals surface area contributed by atoms with Gasteiger partial charge in [-0.25, -0.2) is 0 Å². The first-order chi connectivity index (χ1) is 13.4. The number of hydrogen-bond donors (Lipinski definition) is 1. The molecule has 0 spiro atoms. The Balaban J connectivity index is 1.68. The smallest absolute Gasteiger partial charge is 0.0600 e. The molecule has 0 aliphatic carbocycles. The van der Waals surface area contributed by atoms with Crippen LogP contribution in [0.15, 0.2) is 97.8 Å². The van der Waals surface area contributed by atoms with Gasteiger partial charge in [0.15, 0.2) is 0 Å². The Labute approximate surface area is 158 Å². The van der Waals surface area contributed by atoms with Gasteiger partial charge >= 0.3 is 0 Å². The molecule has 4 aromatic rings. The number of rotatable bonds is 6. The van der Waals surface area contributed by atoms with Crippen LogP contribution in [0.2, 0.25) is 0 Å². The molecule has 1 N–H and O–H groups in total. The zero-order valence-electron chi connectivity index (χ0n) is 14.7. The van der Waals surface area contributed by atoms with Gasteiger partial charge in [-0.15, -0.1) is 0 Å². The van der Waals surface area contributed by atoms with Crippen molar-refractivity contribution in [2.45, 2.75) is 6.54 Å². The van der Waals surface area contributed by atoms with Crippen molar-refractivity contribution in [3.8, 4) is 0 Å². The summed E-state index contributed by atoms with van der Waals surface area (Å²) >= 11 is 0. The van der Waals surface area contributed by atoms with Crippen LogP contribution in [0.5, 0.6) is 0 Å². The first-order valence-corrected chi connectivity index (χ1v) is 8.73. The average Bonchev–Trinajstić information content (AvgIpc) is 2.75. The zero-order valence-corrected chi connectivity index (χ0v) is 14.7. The third-order valence-electron chi connectivity index (χ3n) is 4.20. The van der Waals surface area contributed by atoms with Gasteiger partial charge in [0.2, 0.25) is 0 Å². The lowest BCUT2D eigenvalue weighted by molar-refractivity contribution is 0.964. The maximum absolute atomic E-state index is 4.28. The number of benzene rings is 1. The van der Waals surface area contributed by atoms with E-state index in [-0.39, 0.29) is 0 Å². The van der Waals surface area contributed by atoms with Crippen LogP contribution in [0.3, 0.4) is 0 Å². The van der Waals surface area contributed by atoms with E-state index in [0.29, 0.717) is 6.54 Å². The fraction of sp³-hybridized carbons (Fsp3) is 0.0455. The molecule has 0 aliphatic rings. The minimum Gasteiger partial charge on any atom is -0.354 e. The Kier molecular flexibility index (Phi) is 5.02. The highest BCUT2D eigenvalue weighted by molar-refractivity contribution is 5.66. The van der Waals surface area contributed by atoms with Crippen molar-refractivity contribution in [2.24, 2.45) is 0 Å². The molecule has 132 valence electrons. The maximum Gasteiger partial charge on any atom is 0.0600 e. The quantitative estimate of drug-likeness (QED) is 0.531. The Hall–Kier alpha value is -3.73. The highest BCUT2D eigenvalue weighted by atomic mass is 15.1. The second kappa shape index (κ2) is 8.10. The molecule has 3 aromatic heterocycles. The highest BCUT2D eigenvalue weighted by Gasteiger charge is 2.13. The summed E-state index contributed by atoms with van der Waals surface area (Å²) in [5.74, 6) is 0. The van der Waals surface area contributed by atoms with Crippen LogP contribution in [0.4, 0.5) is 22.7 Å². The number of para-hydroxylation sites is 1. The molecule has 0 saturated carbocycles. The van der Waals surface area contributed by atoms with E-state index in [4.69, 9.17) is 0 Å². The molecule has 0 atom stereocenters. The Morgan fingerprint density at radius 1 is 0.667 bits per heavy atom. The number of nitrogens with one attached hydrogen (secondary N) is 1. The lowest BCUT2D eigenvalue weighted by Gasteiger charge is -2.25. The van der Waals surface area contributed by atoms with E-state index in [2.05, 4.69) is 55.5 Å². The Morgan fingerprint density at radius 3 is 1.89 bits per heavy atom. The van der Waals surface area contributed by atoms with Gasteiger partial charge in [-0.1, -0.05) is 18.2 Å². The number of hydrogen-bond acceptors (Lipinski definition) is 5. The van der Waals surface area contributed by atoms with Gasteiger partial charge in [-0.2, -0.15) is 0 Å². The minimum atomic E-state index is 0.681. The monoisotopic (exact) mass is 353 g/mol. The molecule has 0 amide bonds. The SMILES string of the molecule is c1cncc(Nc2ccccc2CN(c2cccnc2)c2cccnc2)c1. The van der Waals surface area contributed by atoms with Crippen LogP contribution in [0, 0.1) is 0 Å². The van der Waals surface area contributed by atoms with Crippen LogP contribution in [0.1, 0.15) is 5.56 Å². The summed E-state index contributed by atoms with van der Waals surface area (Å²) < 4.78 is 0. The van der Waals surface area contributed by atoms with Crippen LogP contribution in [-0.4, -0.2) is 15.0 Å². The predicted octanol–water partition coefficient (Wildman–Crippen LogP) is 4.95. The van der Waals surface area contributed by atoms with Crippen molar-refractivity contribution in [3.63, 3.8) is 0 Å². The zero-order chi connectivity index (χ0) is 18.3. The van der Waals surface area contributed by atoms with Gasteiger partial charge in [0, 0.05) is 24.3 Å². The summed E-state index contributed by atoms with van der Waals surface area (Å²) in [5, 5.41) is 3.46. The van der Waals surface area contributed by atoms with Crippen molar-refractivity contribution in [1.82, 2.24) is 15.0 Å². The summed E-state index contributed by atoms with van der Waals surface area (Å²) in [6.45, 7) is 0.681. The number of anilines is 4. The molecule has 5 heteroatoms. The molecule has 0 bridgehead atoms.